The Labute approximate surface area is 177 Å². The van der Waals surface area contributed by atoms with Gasteiger partial charge < -0.3 is 10.1 Å². The van der Waals surface area contributed by atoms with Crippen molar-refractivity contribution in [2.75, 3.05) is 0 Å². The largest absolute Gasteiger partial charge is 0.422 e. The zero-order chi connectivity index (χ0) is 21.3. The standard InChI is InChI=1S/C22H19N3O4S/c1-15(24-25-21(27)20(26)23-14-16-6-3-2-4-7-16)17-9-11-18(12-10-17)29-22(28)19-8-5-13-30-19/h2-13H,14H2,1H3,(H,23,26)(H,25,27)/b24-15+. The van der Waals surface area contributed by atoms with Crippen LogP contribution in [0.1, 0.15) is 27.7 Å². The van der Waals surface area contributed by atoms with E-state index in [2.05, 4.69) is 15.8 Å². The number of benzene rings is 2. The van der Waals surface area contributed by atoms with E-state index < -0.39 is 17.8 Å². The lowest BCUT2D eigenvalue weighted by Gasteiger charge is -2.06. The highest BCUT2D eigenvalue weighted by Gasteiger charge is 2.13. The van der Waals surface area contributed by atoms with Crippen molar-refractivity contribution in [1.29, 1.82) is 0 Å². The van der Waals surface area contributed by atoms with Crippen LogP contribution in [0.25, 0.3) is 0 Å². The minimum Gasteiger partial charge on any atom is -0.422 e. The Morgan fingerprint density at radius 3 is 2.33 bits per heavy atom. The molecule has 0 spiro atoms. The van der Waals surface area contributed by atoms with Gasteiger partial charge >= 0.3 is 17.8 Å². The fourth-order valence-corrected chi connectivity index (χ4v) is 3.02. The van der Waals surface area contributed by atoms with Crippen LogP contribution >= 0.6 is 11.3 Å². The van der Waals surface area contributed by atoms with Crippen LogP contribution in [0.4, 0.5) is 0 Å². The van der Waals surface area contributed by atoms with Crippen molar-refractivity contribution >= 4 is 34.8 Å². The van der Waals surface area contributed by atoms with Gasteiger partial charge in [0.05, 0.1) is 5.71 Å². The molecule has 0 saturated carbocycles. The molecule has 3 aromatic rings. The quantitative estimate of drug-likeness (QED) is 0.210. The van der Waals surface area contributed by atoms with E-state index >= 15 is 0 Å². The molecule has 7 nitrogen and oxygen atoms in total. The number of nitrogens with zero attached hydrogens (tertiary/aromatic N) is 1. The van der Waals surface area contributed by atoms with Gasteiger partial charge in [-0.1, -0.05) is 36.4 Å². The molecule has 0 aliphatic rings. The summed E-state index contributed by atoms with van der Waals surface area (Å²) in [4.78, 5) is 36.2. The van der Waals surface area contributed by atoms with Crippen LogP contribution in [-0.2, 0) is 16.1 Å². The van der Waals surface area contributed by atoms with Crippen LogP contribution < -0.4 is 15.5 Å². The van der Waals surface area contributed by atoms with Gasteiger partial charge in [-0.05, 0) is 53.8 Å². The molecule has 0 saturated heterocycles. The van der Waals surface area contributed by atoms with E-state index in [-0.39, 0.29) is 6.54 Å². The topological polar surface area (TPSA) is 96.9 Å². The molecule has 0 radical (unpaired) electrons. The number of rotatable bonds is 6. The van der Waals surface area contributed by atoms with Crippen molar-refractivity contribution in [3.8, 4) is 5.75 Å². The van der Waals surface area contributed by atoms with E-state index in [1.165, 1.54) is 11.3 Å². The molecular weight excluding hydrogens is 402 g/mol. The molecule has 0 aliphatic carbocycles. The number of amides is 2. The Balaban J connectivity index is 1.51. The first-order valence-electron chi connectivity index (χ1n) is 9.05. The highest BCUT2D eigenvalue weighted by atomic mass is 32.1. The van der Waals surface area contributed by atoms with Crippen LogP contribution in [0.5, 0.6) is 5.75 Å². The second-order valence-corrected chi connectivity index (χ2v) is 7.15. The van der Waals surface area contributed by atoms with Crippen molar-refractivity contribution in [2.45, 2.75) is 13.5 Å². The molecule has 2 aromatic carbocycles. The minimum atomic E-state index is -0.855. The van der Waals surface area contributed by atoms with Gasteiger partial charge in [0.15, 0.2) is 0 Å². The van der Waals surface area contributed by atoms with Crippen molar-refractivity contribution in [3.05, 3.63) is 88.1 Å². The minimum absolute atomic E-state index is 0.251. The highest BCUT2D eigenvalue weighted by Crippen LogP contribution is 2.17. The third-order valence-electron chi connectivity index (χ3n) is 4.03. The first-order valence-corrected chi connectivity index (χ1v) is 9.93. The maximum absolute atomic E-state index is 12.0. The predicted molar refractivity (Wildman–Crippen MR) is 114 cm³/mol. The van der Waals surface area contributed by atoms with Crippen LogP contribution in [-0.4, -0.2) is 23.5 Å². The number of ether oxygens (including phenoxy) is 1. The Bertz CT molecular complexity index is 1050. The fraction of sp³-hybridized carbons (Fsp3) is 0.0909. The molecule has 30 heavy (non-hydrogen) atoms. The van der Waals surface area contributed by atoms with Crippen molar-refractivity contribution in [1.82, 2.24) is 10.7 Å². The molecule has 8 heteroatoms. The molecule has 1 aromatic heterocycles. The maximum atomic E-state index is 12.0. The second kappa shape index (κ2) is 10.1. The van der Waals surface area contributed by atoms with Gasteiger partial charge in [0.2, 0.25) is 0 Å². The molecule has 1 heterocycles. The molecular formula is C22H19N3O4S. The summed E-state index contributed by atoms with van der Waals surface area (Å²) in [5, 5.41) is 8.28. The number of hydrazone groups is 1. The zero-order valence-electron chi connectivity index (χ0n) is 16.1. The summed E-state index contributed by atoms with van der Waals surface area (Å²) in [6.45, 7) is 1.94. The van der Waals surface area contributed by atoms with E-state index in [1.807, 2.05) is 30.3 Å². The molecule has 3 rings (SSSR count). The third-order valence-corrected chi connectivity index (χ3v) is 4.88. The van der Waals surface area contributed by atoms with Crippen molar-refractivity contribution < 1.29 is 19.1 Å². The summed E-state index contributed by atoms with van der Waals surface area (Å²) in [6.07, 6.45) is 0. The van der Waals surface area contributed by atoms with Crippen LogP contribution in [0.3, 0.4) is 0 Å². The average molecular weight is 421 g/mol. The van der Waals surface area contributed by atoms with Gasteiger partial charge in [0.1, 0.15) is 10.6 Å². The van der Waals surface area contributed by atoms with Gasteiger partial charge in [-0.3, -0.25) is 9.59 Å². The lowest BCUT2D eigenvalue weighted by Crippen LogP contribution is -2.37. The smallest absolute Gasteiger partial charge is 0.353 e. The van der Waals surface area contributed by atoms with Crippen LogP contribution in [0, 0.1) is 0 Å². The summed E-state index contributed by atoms with van der Waals surface area (Å²) < 4.78 is 5.30. The van der Waals surface area contributed by atoms with E-state index in [1.54, 1.807) is 48.7 Å². The SMILES string of the molecule is C/C(=N\NC(=O)C(=O)NCc1ccccc1)c1ccc(OC(=O)c2cccs2)cc1. The number of hydrogen-bond acceptors (Lipinski definition) is 6. The highest BCUT2D eigenvalue weighted by molar-refractivity contribution is 7.12. The van der Waals surface area contributed by atoms with Gasteiger partial charge in [0.25, 0.3) is 0 Å². The number of thiophene rings is 1. The summed E-state index contributed by atoms with van der Waals surface area (Å²) in [5.41, 5.74) is 4.32. The Hall–Kier alpha value is -3.78. The number of nitrogens with one attached hydrogen (secondary N) is 2. The Morgan fingerprint density at radius 2 is 1.67 bits per heavy atom. The zero-order valence-corrected chi connectivity index (χ0v) is 16.9. The summed E-state index contributed by atoms with van der Waals surface area (Å²) in [5.74, 6) is -1.65. The molecule has 0 fully saturated rings. The van der Waals surface area contributed by atoms with Gasteiger partial charge in [-0.2, -0.15) is 5.10 Å². The van der Waals surface area contributed by atoms with Crippen molar-refractivity contribution in [2.24, 2.45) is 5.10 Å². The Kier molecular flexibility index (Phi) is 7.07. The molecule has 2 amide bonds. The third kappa shape index (κ3) is 5.86. The summed E-state index contributed by atoms with van der Waals surface area (Å²) in [6, 6.07) is 19.4. The number of hydrogen-bond donors (Lipinski definition) is 2. The molecule has 0 aliphatic heterocycles. The van der Waals surface area contributed by atoms with Crippen LogP contribution in [0.2, 0.25) is 0 Å². The monoisotopic (exact) mass is 421 g/mol. The normalized spacial score (nSPS) is 10.9. The predicted octanol–water partition coefficient (Wildman–Crippen LogP) is 3.12. The molecule has 0 unspecified atom stereocenters. The molecule has 0 atom stereocenters. The number of carbonyl (C=O) groups is 3. The van der Waals surface area contributed by atoms with Gasteiger partial charge in [-0.25, -0.2) is 10.2 Å². The number of esters is 1. The second-order valence-electron chi connectivity index (χ2n) is 6.20. The average Bonchev–Trinajstić information content (AvgIpc) is 3.32. The van der Waals surface area contributed by atoms with Gasteiger partial charge in [0, 0.05) is 6.54 Å². The van der Waals surface area contributed by atoms with E-state index in [4.69, 9.17) is 4.74 Å². The lowest BCUT2D eigenvalue weighted by atomic mass is 10.1. The van der Waals surface area contributed by atoms with Gasteiger partial charge in [-0.15, -0.1) is 11.3 Å². The lowest BCUT2D eigenvalue weighted by molar-refractivity contribution is -0.139. The first-order chi connectivity index (χ1) is 14.5. The van der Waals surface area contributed by atoms with E-state index in [0.717, 1.165) is 5.56 Å². The van der Waals surface area contributed by atoms with E-state index in [9.17, 15) is 14.4 Å². The fourth-order valence-electron chi connectivity index (χ4n) is 2.42. The number of carbonyl (C=O) groups excluding carboxylic acids is 3. The molecule has 152 valence electrons. The van der Waals surface area contributed by atoms with E-state index in [0.29, 0.717) is 21.9 Å². The van der Waals surface area contributed by atoms with Crippen LogP contribution in [0.15, 0.2) is 77.2 Å². The summed E-state index contributed by atoms with van der Waals surface area (Å²) in [7, 11) is 0. The summed E-state index contributed by atoms with van der Waals surface area (Å²) >= 11 is 1.31. The maximum Gasteiger partial charge on any atom is 0.353 e. The molecule has 0 bridgehead atoms. The molecule has 2 N–H and O–H groups in total. The van der Waals surface area contributed by atoms with Crippen molar-refractivity contribution in [3.63, 3.8) is 0 Å². The first kappa shape index (κ1) is 20.9. The Morgan fingerprint density at radius 1 is 0.933 bits per heavy atom.